The number of benzene rings is 1. The lowest BCUT2D eigenvalue weighted by atomic mass is 9.33. The summed E-state index contributed by atoms with van der Waals surface area (Å²) in [5, 5.41) is 22.7. The number of fused-ring (bicyclic) bond motifs is 6. The van der Waals surface area contributed by atoms with E-state index in [0.717, 1.165) is 62.5 Å². The van der Waals surface area contributed by atoms with Gasteiger partial charge in [-0.15, -0.1) is 0 Å². The number of ketones is 1. The molecule has 1 unspecified atom stereocenters. The minimum atomic E-state index is -1.17. The van der Waals surface area contributed by atoms with Crippen molar-refractivity contribution in [3.8, 4) is 0 Å². The van der Waals surface area contributed by atoms with Crippen LogP contribution in [0.3, 0.4) is 0 Å². The number of nitrogens with zero attached hydrogens (tertiary/aromatic N) is 1. The van der Waals surface area contributed by atoms with Gasteiger partial charge in [0.1, 0.15) is 6.10 Å². The molecule has 9 heteroatoms. The molecule has 6 aliphatic rings. The van der Waals surface area contributed by atoms with E-state index >= 15 is 0 Å². The lowest BCUT2D eigenvalue weighted by molar-refractivity contribution is -0.221. The number of carboxylic acid groups (broad SMARTS) is 1. The number of halogens is 1. The van der Waals surface area contributed by atoms with E-state index in [0.29, 0.717) is 30.3 Å². The average Bonchev–Trinajstić information content (AvgIpc) is 3.61. The minimum absolute atomic E-state index is 0.00424. The molecule has 1 amide bonds. The SMILES string of the molecule is CC(=O)N(Cc1cccc(Cl)c1)C[C@@H](O)[C@@]12CC[C@]3(C)[C@H](CC[C@@H]4[C@@]5(C)CC[C@H](OC(=O)CC(C)(C)C(=O)O)C6(C)C[C@]65CC[C@]43C)C1=C(C(C)C)C(=O)C2. The summed E-state index contributed by atoms with van der Waals surface area (Å²) in [6, 6.07) is 7.49. The lowest BCUT2D eigenvalue weighted by Crippen LogP contribution is -2.65. The van der Waals surface area contributed by atoms with Gasteiger partial charge < -0.3 is 19.8 Å². The van der Waals surface area contributed by atoms with E-state index in [1.807, 2.05) is 24.3 Å². The Morgan fingerprint density at radius 2 is 1.65 bits per heavy atom. The molecule has 0 radical (unpaired) electrons. The number of hydrogen-bond donors (Lipinski definition) is 2. The number of hydrogen-bond acceptors (Lipinski definition) is 6. The van der Waals surface area contributed by atoms with Crippen LogP contribution in [0.1, 0.15) is 139 Å². The van der Waals surface area contributed by atoms with Gasteiger partial charge >= 0.3 is 11.9 Å². The van der Waals surface area contributed by atoms with Crippen molar-refractivity contribution in [3.05, 3.63) is 46.0 Å². The van der Waals surface area contributed by atoms with Crippen molar-refractivity contribution in [2.45, 2.75) is 152 Å². The Hall–Kier alpha value is -2.71. The zero-order valence-corrected chi connectivity index (χ0v) is 35.4. The summed E-state index contributed by atoms with van der Waals surface area (Å²) in [6.45, 7) is 19.3. The molecule has 6 aliphatic carbocycles. The van der Waals surface area contributed by atoms with Crippen molar-refractivity contribution in [2.24, 2.45) is 55.7 Å². The minimum Gasteiger partial charge on any atom is -0.481 e. The molecule has 1 spiro atoms. The lowest BCUT2D eigenvalue weighted by Gasteiger charge is -2.71. The fraction of sp³-hybridized carbons (Fsp3) is 0.739. The predicted molar refractivity (Wildman–Crippen MR) is 212 cm³/mol. The molecule has 8 nitrogen and oxygen atoms in total. The number of allylic oxidation sites excluding steroid dienone is 1. The van der Waals surface area contributed by atoms with Crippen molar-refractivity contribution in [1.82, 2.24) is 4.90 Å². The molecule has 5 saturated carbocycles. The standard InChI is InChI=1S/C46H64ClNO7/c1-27(2)37-32(50)22-45(34(51)25-48(28(3)49)24-29-11-10-12-30(47)21-29)19-17-41(6)31(38(37)45)13-14-33-42(41,7)18-20-46-26-44(46,9)35(15-16-43(33,46)8)55-36(52)23-40(4,5)39(53)54/h10-12,21,27,31,33-35,51H,13-20,22-26H2,1-9H3,(H,53,54)/t31-,33+,34-,35+,41-,42-,43-,44?,45+,46+/m1/s1. The van der Waals surface area contributed by atoms with Crippen LogP contribution in [0.2, 0.25) is 5.02 Å². The number of aliphatic carboxylic acids is 1. The van der Waals surface area contributed by atoms with Crippen LogP contribution in [0.4, 0.5) is 0 Å². The Bertz CT molecular complexity index is 1840. The van der Waals surface area contributed by atoms with Crippen LogP contribution in [0.15, 0.2) is 35.4 Å². The maximum Gasteiger partial charge on any atom is 0.309 e. The van der Waals surface area contributed by atoms with Crippen molar-refractivity contribution in [1.29, 1.82) is 0 Å². The molecule has 7 rings (SSSR count). The number of aliphatic hydroxyl groups is 1. The zero-order valence-electron chi connectivity index (χ0n) is 34.6. The molecule has 1 aromatic carbocycles. The number of ether oxygens (including phenoxy) is 1. The van der Waals surface area contributed by atoms with Crippen LogP contribution < -0.4 is 0 Å². The van der Waals surface area contributed by atoms with Crippen molar-refractivity contribution < 1.29 is 34.1 Å². The first-order valence-electron chi connectivity index (χ1n) is 20.9. The Morgan fingerprint density at radius 3 is 2.29 bits per heavy atom. The smallest absolute Gasteiger partial charge is 0.309 e. The topological polar surface area (TPSA) is 121 Å². The summed E-state index contributed by atoms with van der Waals surface area (Å²) in [6.07, 6.45) is 7.63. The van der Waals surface area contributed by atoms with Crippen LogP contribution in [-0.4, -0.2) is 57.5 Å². The normalized spacial score (nSPS) is 39.6. The summed E-state index contributed by atoms with van der Waals surface area (Å²) < 4.78 is 6.20. The second kappa shape index (κ2) is 13.2. The second-order valence-corrected chi connectivity index (χ2v) is 21.2. The first kappa shape index (κ1) is 40.5. The number of aliphatic hydroxyl groups excluding tert-OH is 1. The van der Waals surface area contributed by atoms with E-state index < -0.39 is 28.9 Å². The molecule has 0 aromatic heterocycles. The van der Waals surface area contributed by atoms with Gasteiger partial charge in [-0.3, -0.25) is 19.2 Å². The number of carbonyl (C=O) groups is 4. The van der Waals surface area contributed by atoms with E-state index in [-0.39, 0.29) is 69.7 Å². The molecule has 0 bridgehead atoms. The number of rotatable bonds is 10. The molecular formula is C46H64ClNO7. The number of carboxylic acids is 1. The quantitative estimate of drug-likeness (QED) is 0.227. The number of amides is 1. The molecular weight excluding hydrogens is 714 g/mol. The van der Waals surface area contributed by atoms with Crippen LogP contribution in [-0.2, 0) is 30.5 Å². The van der Waals surface area contributed by atoms with Gasteiger partial charge in [-0.05, 0) is 134 Å². The third kappa shape index (κ3) is 5.74. The largest absolute Gasteiger partial charge is 0.481 e. The predicted octanol–water partition coefficient (Wildman–Crippen LogP) is 9.20. The van der Waals surface area contributed by atoms with Gasteiger partial charge in [0.05, 0.1) is 17.9 Å². The van der Waals surface area contributed by atoms with Crippen LogP contribution in [0.25, 0.3) is 0 Å². The molecule has 0 aliphatic heterocycles. The van der Waals surface area contributed by atoms with E-state index in [4.69, 9.17) is 16.3 Å². The van der Waals surface area contributed by atoms with E-state index in [1.165, 1.54) is 5.57 Å². The van der Waals surface area contributed by atoms with E-state index in [9.17, 15) is 29.4 Å². The first-order chi connectivity index (χ1) is 25.5. The Kier molecular flexibility index (Phi) is 9.69. The van der Waals surface area contributed by atoms with Crippen LogP contribution in [0, 0.1) is 55.7 Å². The van der Waals surface area contributed by atoms with Crippen LogP contribution in [0.5, 0.6) is 0 Å². The number of carbonyl (C=O) groups excluding carboxylic acids is 3. The molecule has 0 heterocycles. The summed E-state index contributed by atoms with van der Waals surface area (Å²) in [7, 11) is 0. The Balaban J connectivity index is 1.17. The van der Waals surface area contributed by atoms with Crippen molar-refractivity contribution in [3.63, 3.8) is 0 Å². The highest BCUT2D eigenvalue weighted by atomic mass is 35.5. The van der Waals surface area contributed by atoms with Crippen molar-refractivity contribution in [2.75, 3.05) is 6.54 Å². The second-order valence-electron chi connectivity index (χ2n) is 20.8. The zero-order chi connectivity index (χ0) is 40.3. The van der Waals surface area contributed by atoms with Gasteiger partial charge in [-0.25, -0.2) is 0 Å². The summed E-state index contributed by atoms with van der Waals surface area (Å²) >= 11 is 6.29. The molecule has 1 aromatic rings. The summed E-state index contributed by atoms with van der Waals surface area (Å²) in [5.41, 5.74) is 1.07. The first-order valence-corrected chi connectivity index (χ1v) is 21.3. The molecule has 2 N–H and O–H groups in total. The van der Waals surface area contributed by atoms with Crippen LogP contribution >= 0.6 is 11.6 Å². The molecule has 0 saturated heterocycles. The monoisotopic (exact) mass is 777 g/mol. The number of esters is 1. The highest BCUT2D eigenvalue weighted by Crippen LogP contribution is 2.87. The molecule has 10 atom stereocenters. The third-order valence-corrected chi connectivity index (χ3v) is 17.8. The maximum absolute atomic E-state index is 14.2. The van der Waals surface area contributed by atoms with E-state index in [1.54, 1.807) is 25.7 Å². The summed E-state index contributed by atoms with van der Waals surface area (Å²) in [4.78, 5) is 53.9. The van der Waals surface area contributed by atoms with Gasteiger partial charge in [-0.1, -0.05) is 70.8 Å². The third-order valence-electron chi connectivity index (χ3n) is 17.6. The van der Waals surface area contributed by atoms with Gasteiger partial charge in [0.2, 0.25) is 5.91 Å². The summed E-state index contributed by atoms with van der Waals surface area (Å²) in [5.74, 6) is -0.702. The van der Waals surface area contributed by atoms with Gasteiger partial charge in [-0.2, -0.15) is 0 Å². The maximum atomic E-state index is 14.2. The molecule has 55 heavy (non-hydrogen) atoms. The Morgan fingerprint density at radius 1 is 0.964 bits per heavy atom. The molecule has 302 valence electrons. The number of Topliss-reactive ketones (excluding diaryl/α,β-unsaturated/α-hetero) is 1. The fourth-order valence-corrected chi connectivity index (χ4v) is 14.5. The highest BCUT2D eigenvalue weighted by molar-refractivity contribution is 6.30. The Labute approximate surface area is 333 Å². The van der Waals surface area contributed by atoms with Crippen molar-refractivity contribution >= 4 is 35.2 Å². The van der Waals surface area contributed by atoms with Gasteiger partial charge in [0.25, 0.3) is 0 Å². The van der Waals surface area contributed by atoms with E-state index in [2.05, 4.69) is 41.5 Å². The van der Waals surface area contributed by atoms with Gasteiger partial charge in [0.15, 0.2) is 5.78 Å². The average molecular weight is 778 g/mol. The fourth-order valence-electron chi connectivity index (χ4n) is 14.3. The molecule has 5 fully saturated rings. The van der Waals surface area contributed by atoms with Gasteiger partial charge in [0, 0.05) is 42.3 Å². The highest BCUT2D eigenvalue weighted by Gasteiger charge is 2.82.